The summed E-state index contributed by atoms with van der Waals surface area (Å²) in [5.41, 5.74) is 1.53. The van der Waals surface area contributed by atoms with E-state index in [9.17, 15) is 9.59 Å². The molecule has 2 heterocycles. The average molecular weight is 424 g/mol. The van der Waals surface area contributed by atoms with E-state index in [0.29, 0.717) is 41.4 Å². The number of benzene rings is 2. The van der Waals surface area contributed by atoms with Gasteiger partial charge in [0, 0.05) is 23.9 Å². The molecule has 0 aliphatic carbocycles. The fraction of sp³-hybridized carbons (Fsp3) is 0.273. The molecule has 0 fully saturated rings. The Hall–Kier alpha value is -3.19. The Kier molecular flexibility index (Phi) is 5.55. The number of aryl methyl sites for hydroxylation is 1. The zero-order valence-corrected chi connectivity index (χ0v) is 17.6. The van der Waals surface area contributed by atoms with Gasteiger partial charge in [-0.15, -0.1) is 10.2 Å². The Morgan fingerprint density at radius 2 is 1.83 bits per heavy atom. The molecule has 4 aromatic rings. The van der Waals surface area contributed by atoms with Crippen LogP contribution in [0.2, 0.25) is 5.02 Å². The molecular weight excluding hydrogens is 402 g/mol. The summed E-state index contributed by atoms with van der Waals surface area (Å²) in [5, 5.41) is 12.7. The summed E-state index contributed by atoms with van der Waals surface area (Å²) in [6.45, 7) is 4.19. The van der Waals surface area contributed by atoms with Crippen LogP contribution >= 0.6 is 11.6 Å². The van der Waals surface area contributed by atoms with Crippen LogP contribution in [0.15, 0.2) is 53.3 Å². The van der Waals surface area contributed by atoms with Gasteiger partial charge in [0.2, 0.25) is 11.7 Å². The van der Waals surface area contributed by atoms with E-state index >= 15 is 0 Å². The molecule has 0 unspecified atom stereocenters. The van der Waals surface area contributed by atoms with Crippen molar-refractivity contribution in [2.75, 3.05) is 0 Å². The molecule has 2 aromatic carbocycles. The van der Waals surface area contributed by atoms with Gasteiger partial charge in [-0.05, 0) is 43.7 Å². The number of fused-ring (bicyclic) bond motifs is 3. The second-order valence-corrected chi connectivity index (χ2v) is 7.95. The summed E-state index contributed by atoms with van der Waals surface area (Å²) >= 11 is 5.99. The second-order valence-electron chi connectivity index (χ2n) is 7.51. The van der Waals surface area contributed by atoms with Gasteiger partial charge in [0.15, 0.2) is 0 Å². The van der Waals surface area contributed by atoms with Crippen LogP contribution < -0.4 is 10.9 Å². The van der Waals surface area contributed by atoms with Crippen LogP contribution in [-0.4, -0.2) is 31.1 Å². The zero-order valence-electron chi connectivity index (χ0n) is 16.8. The Morgan fingerprint density at radius 1 is 1.10 bits per heavy atom. The van der Waals surface area contributed by atoms with Crippen LogP contribution in [0, 0.1) is 0 Å². The van der Waals surface area contributed by atoms with Crippen molar-refractivity contribution >= 4 is 34.2 Å². The second kappa shape index (κ2) is 8.28. The minimum Gasteiger partial charge on any atom is -0.354 e. The van der Waals surface area contributed by atoms with Crippen molar-refractivity contribution in [3.8, 4) is 0 Å². The molecule has 0 saturated heterocycles. The lowest BCUT2D eigenvalue weighted by atomic mass is 10.2. The number of hydrogen-bond acceptors (Lipinski definition) is 4. The van der Waals surface area contributed by atoms with Crippen LogP contribution in [0.1, 0.15) is 31.7 Å². The number of nitrogens with zero attached hydrogens (tertiary/aromatic N) is 4. The number of carbonyl (C=O) groups is 1. The number of rotatable bonds is 6. The smallest absolute Gasteiger partial charge is 0.263 e. The molecule has 0 saturated carbocycles. The number of carbonyl (C=O) groups excluding carboxylic acids is 1. The van der Waals surface area contributed by atoms with Crippen molar-refractivity contribution in [1.82, 2.24) is 24.5 Å². The van der Waals surface area contributed by atoms with Gasteiger partial charge < -0.3 is 5.32 Å². The highest BCUT2D eigenvalue weighted by Crippen LogP contribution is 2.17. The van der Waals surface area contributed by atoms with Crippen molar-refractivity contribution in [2.45, 2.75) is 39.3 Å². The van der Waals surface area contributed by atoms with Crippen molar-refractivity contribution in [1.29, 1.82) is 0 Å². The predicted molar refractivity (Wildman–Crippen MR) is 117 cm³/mol. The lowest BCUT2D eigenvalue weighted by molar-refractivity contribution is -0.121. The van der Waals surface area contributed by atoms with Gasteiger partial charge in [0.1, 0.15) is 5.82 Å². The molecular formula is C22H22ClN5O2. The standard InChI is InChI=1S/C22H22ClN5O2/c1-14(2)24-20(29)12-11-19-25-26-22-27(13-15-7-9-16(23)10-8-15)21(30)17-5-3-4-6-18(17)28(19)22/h3-10,14H,11-13H2,1-2H3,(H,24,29). The third kappa shape index (κ3) is 3.93. The van der Waals surface area contributed by atoms with Crippen molar-refractivity contribution in [2.24, 2.45) is 0 Å². The van der Waals surface area contributed by atoms with Gasteiger partial charge in [0.05, 0.1) is 17.4 Å². The summed E-state index contributed by atoms with van der Waals surface area (Å²) in [6, 6.07) is 14.8. The van der Waals surface area contributed by atoms with Crippen LogP contribution in [-0.2, 0) is 17.8 Å². The Labute approximate surface area is 178 Å². The monoisotopic (exact) mass is 423 g/mol. The third-order valence-corrected chi connectivity index (χ3v) is 5.11. The largest absolute Gasteiger partial charge is 0.354 e. The molecule has 0 aliphatic heterocycles. The number of aromatic nitrogens is 4. The molecule has 0 spiro atoms. The summed E-state index contributed by atoms with van der Waals surface area (Å²) < 4.78 is 3.48. The van der Waals surface area contributed by atoms with Gasteiger partial charge in [-0.1, -0.05) is 35.9 Å². The number of para-hydroxylation sites is 1. The van der Waals surface area contributed by atoms with E-state index in [-0.39, 0.29) is 17.5 Å². The number of amides is 1. The van der Waals surface area contributed by atoms with Gasteiger partial charge in [-0.3, -0.25) is 18.6 Å². The number of nitrogens with one attached hydrogen (secondary N) is 1. The third-order valence-electron chi connectivity index (χ3n) is 4.85. The highest BCUT2D eigenvalue weighted by molar-refractivity contribution is 6.30. The van der Waals surface area contributed by atoms with Crippen molar-refractivity contribution < 1.29 is 4.79 Å². The summed E-state index contributed by atoms with van der Waals surface area (Å²) in [4.78, 5) is 25.3. The van der Waals surface area contributed by atoms with E-state index in [2.05, 4.69) is 15.5 Å². The van der Waals surface area contributed by atoms with E-state index in [1.165, 1.54) is 0 Å². The molecule has 0 bridgehead atoms. The Balaban J connectivity index is 1.81. The molecule has 8 heteroatoms. The molecule has 0 radical (unpaired) electrons. The first-order chi connectivity index (χ1) is 14.4. The zero-order chi connectivity index (χ0) is 21.3. The Bertz CT molecular complexity index is 1270. The normalized spacial score (nSPS) is 11.5. The maximum Gasteiger partial charge on any atom is 0.263 e. The predicted octanol–water partition coefficient (Wildman–Crippen LogP) is 3.20. The molecule has 1 amide bonds. The van der Waals surface area contributed by atoms with Crippen molar-refractivity contribution in [3.63, 3.8) is 0 Å². The molecule has 4 rings (SSSR count). The van der Waals surface area contributed by atoms with E-state index in [4.69, 9.17) is 11.6 Å². The number of halogens is 1. The summed E-state index contributed by atoms with van der Waals surface area (Å²) in [6.07, 6.45) is 0.715. The topological polar surface area (TPSA) is 81.3 Å². The highest BCUT2D eigenvalue weighted by Gasteiger charge is 2.17. The van der Waals surface area contributed by atoms with Crippen LogP contribution in [0.4, 0.5) is 0 Å². The van der Waals surface area contributed by atoms with E-state index < -0.39 is 0 Å². The van der Waals surface area contributed by atoms with Crippen LogP contribution in [0.25, 0.3) is 16.7 Å². The lowest BCUT2D eigenvalue weighted by Gasteiger charge is -2.12. The molecule has 0 aliphatic rings. The maximum atomic E-state index is 13.2. The first kappa shape index (κ1) is 20.1. The quantitative estimate of drug-likeness (QED) is 0.516. The fourth-order valence-electron chi connectivity index (χ4n) is 3.51. The summed E-state index contributed by atoms with van der Waals surface area (Å²) in [5.74, 6) is 1.05. The minimum absolute atomic E-state index is 0.0412. The molecule has 2 aromatic heterocycles. The Morgan fingerprint density at radius 3 is 2.57 bits per heavy atom. The molecule has 7 nitrogen and oxygen atoms in total. The molecule has 154 valence electrons. The molecule has 1 N–H and O–H groups in total. The van der Waals surface area contributed by atoms with E-state index in [1.54, 1.807) is 22.8 Å². The van der Waals surface area contributed by atoms with Crippen LogP contribution in [0.5, 0.6) is 0 Å². The van der Waals surface area contributed by atoms with E-state index in [1.807, 2.05) is 48.6 Å². The lowest BCUT2D eigenvalue weighted by Crippen LogP contribution is -2.30. The fourth-order valence-corrected chi connectivity index (χ4v) is 3.64. The molecule has 0 atom stereocenters. The first-order valence-electron chi connectivity index (χ1n) is 9.83. The molecule has 30 heavy (non-hydrogen) atoms. The minimum atomic E-state index is -0.135. The highest BCUT2D eigenvalue weighted by atomic mass is 35.5. The van der Waals surface area contributed by atoms with E-state index in [0.717, 1.165) is 11.1 Å². The SMILES string of the molecule is CC(C)NC(=O)CCc1nnc2n(Cc3ccc(Cl)cc3)c(=O)c3ccccc3n12. The van der Waals surface area contributed by atoms with Crippen LogP contribution in [0.3, 0.4) is 0 Å². The van der Waals surface area contributed by atoms with Gasteiger partial charge in [0.25, 0.3) is 5.56 Å². The van der Waals surface area contributed by atoms with Gasteiger partial charge >= 0.3 is 0 Å². The van der Waals surface area contributed by atoms with Gasteiger partial charge in [-0.2, -0.15) is 0 Å². The number of hydrogen-bond donors (Lipinski definition) is 1. The maximum absolute atomic E-state index is 13.2. The summed E-state index contributed by atoms with van der Waals surface area (Å²) in [7, 11) is 0. The van der Waals surface area contributed by atoms with Crippen molar-refractivity contribution in [3.05, 3.63) is 75.3 Å². The average Bonchev–Trinajstić information content (AvgIpc) is 3.14. The van der Waals surface area contributed by atoms with Gasteiger partial charge in [-0.25, -0.2) is 0 Å². The first-order valence-corrected chi connectivity index (χ1v) is 10.2.